The first-order valence-electron chi connectivity index (χ1n) is 6.13. The Kier molecular flexibility index (Phi) is 2.23. The summed E-state index contributed by atoms with van der Waals surface area (Å²) in [5.74, 6) is 2.77. The molecule has 1 nitrogen and oxygen atoms in total. The minimum atomic E-state index is 0.639. The summed E-state index contributed by atoms with van der Waals surface area (Å²) in [6.45, 7) is 15.7. The number of rotatable bonds is 2. The van der Waals surface area contributed by atoms with Crippen LogP contribution in [0.5, 0.6) is 0 Å². The zero-order chi connectivity index (χ0) is 10.7. The van der Waals surface area contributed by atoms with E-state index in [-0.39, 0.29) is 0 Å². The van der Waals surface area contributed by atoms with Gasteiger partial charge in [-0.2, -0.15) is 0 Å². The molecule has 82 valence electrons. The van der Waals surface area contributed by atoms with Gasteiger partial charge in [0.25, 0.3) is 0 Å². The van der Waals surface area contributed by atoms with Crippen LogP contribution in [0.3, 0.4) is 0 Å². The molecule has 1 heteroatoms. The second-order valence-electron chi connectivity index (χ2n) is 6.48. The van der Waals surface area contributed by atoms with Crippen LogP contribution in [0.2, 0.25) is 0 Å². The highest BCUT2D eigenvalue weighted by Gasteiger charge is 2.66. The molecule has 0 spiro atoms. The van der Waals surface area contributed by atoms with Crippen molar-refractivity contribution in [2.24, 2.45) is 23.2 Å². The number of nitrogens with zero attached hydrogens (tertiary/aromatic N) is 1. The van der Waals surface area contributed by atoms with Crippen molar-refractivity contribution >= 4 is 0 Å². The summed E-state index contributed by atoms with van der Waals surface area (Å²) in [5.41, 5.74) is 0.639. The second kappa shape index (κ2) is 2.98. The van der Waals surface area contributed by atoms with E-state index in [9.17, 15) is 0 Å². The molecule has 0 aromatic carbocycles. The summed E-state index contributed by atoms with van der Waals surface area (Å²) >= 11 is 0. The first-order valence-corrected chi connectivity index (χ1v) is 6.13. The summed E-state index contributed by atoms with van der Waals surface area (Å²) in [5, 5.41) is 0. The number of hydrogen-bond donors (Lipinski definition) is 0. The van der Waals surface area contributed by atoms with E-state index in [1.807, 2.05) is 0 Å². The third-order valence-corrected chi connectivity index (χ3v) is 4.64. The van der Waals surface area contributed by atoms with Crippen molar-refractivity contribution in [3.8, 4) is 0 Å². The van der Waals surface area contributed by atoms with Gasteiger partial charge in [0.1, 0.15) is 0 Å². The molecule has 1 aliphatic carbocycles. The first kappa shape index (κ1) is 10.5. The number of fused-ring (bicyclic) bond motifs is 1. The molecule has 2 rings (SSSR count). The first-order chi connectivity index (χ1) is 6.37. The van der Waals surface area contributed by atoms with Crippen LogP contribution >= 0.6 is 0 Å². The summed E-state index contributed by atoms with van der Waals surface area (Å²) in [6, 6.07) is 1.57. The topological polar surface area (TPSA) is 3.24 Å². The van der Waals surface area contributed by atoms with Crippen LogP contribution in [0.4, 0.5) is 0 Å². The van der Waals surface area contributed by atoms with Gasteiger partial charge in [-0.1, -0.05) is 27.7 Å². The van der Waals surface area contributed by atoms with Crippen molar-refractivity contribution in [1.82, 2.24) is 4.90 Å². The Hall–Kier alpha value is -0.0400. The normalized spacial score (nSPS) is 40.7. The lowest BCUT2D eigenvalue weighted by molar-refractivity contribution is 0.111. The third-order valence-electron chi connectivity index (χ3n) is 4.64. The van der Waals surface area contributed by atoms with E-state index in [0.717, 1.165) is 29.8 Å². The van der Waals surface area contributed by atoms with E-state index in [4.69, 9.17) is 0 Å². The standard InChI is InChI=1S/C13H25N/c1-8(2)12-11-10(13(11,5)6)7-14(12)9(3)4/h8-12H,7H2,1-6H3/t10-,11-,12?/m0/s1. The molecule has 1 saturated heterocycles. The Balaban J connectivity index is 2.15. The van der Waals surface area contributed by atoms with Crippen LogP contribution in [0.25, 0.3) is 0 Å². The van der Waals surface area contributed by atoms with Crippen LogP contribution in [0, 0.1) is 23.2 Å². The molecule has 2 fully saturated rings. The van der Waals surface area contributed by atoms with Gasteiger partial charge in [-0.25, -0.2) is 0 Å². The maximum atomic E-state index is 2.73. The summed E-state index contributed by atoms with van der Waals surface area (Å²) in [4.78, 5) is 2.73. The molecule has 2 aliphatic rings. The molecule has 0 aromatic rings. The van der Waals surface area contributed by atoms with Crippen molar-refractivity contribution in [3.63, 3.8) is 0 Å². The van der Waals surface area contributed by atoms with Gasteiger partial charge >= 0.3 is 0 Å². The summed E-state index contributed by atoms with van der Waals surface area (Å²) in [7, 11) is 0. The molecule has 3 atom stereocenters. The van der Waals surface area contributed by atoms with Gasteiger partial charge in [0, 0.05) is 18.6 Å². The summed E-state index contributed by atoms with van der Waals surface area (Å²) < 4.78 is 0. The van der Waals surface area contributed by atoms with E-state index in [0.29, 0.717) is 5.41 Å². The fourth-order valence-corrected chi connectivity index (χ4v) is 3.72. The molecule has 0 N–H and O–H groups in total. The molecule has 1 aliphatic heterocycles. The third kappa shape index (κ3) is 1.25. The van der Waals surface area contributed by atoms with Gasteiger partial charge < -0.3 is 0 Å². The summed E-state index contributed by atoms with van der Waals surface area (Å²) in [6.07, 6.45) is 0. The van der Waals surface area contributed by atoms with Crippen LogP contribution in [0.1, 0.15) is 41.5 Å². The molecule has 1 unspecified atom stereocenters. The highest BCUT2D eigenvalue weighted by atomic mass is 15.2. The fourth-order valence-electron chi connectivity index (χ4n) is 3.72. The van der Waals surface area contributed by atoms with Crippen LogP contribution < -0.4 is 0 Å². The molecular formula is C13H25N. The van der Waals surface area contributed by atoms with Gasteiger partial charge in [0.05, 0.1) is 0 Å². The minimum Gasteiger partial charge on any atom is -0.297 e. The Morgan fingerprint density at radius 1 is 1.14 bits per heavy atom. The molecule has 1 heterocycles. The van der Waals surface area contributed by atoms with Crippen molar-refractivity contribution < 1.29 is 0 Å². The van der Waals surface area contributed by atoms with E-state index in [2.05, 4.69) is 46.4 Å². The average molecular weight is 195 g/mol. The maximum Gasteiger partial charge on any atom is 0.0158 e. The zero-order valence-electron chi connectivity index (χ0n) is 10.5. The highest BCUT2D eigenvalue weighted by molar-refractivity contribution is 5.17. The smallest absolute Gasteiger partial charge is 0.0158 e. The Labute approximate surface area is 88.9 Å². The van der Waals surface area contributed by atoms with Crippen molar-refractivity contribution in [1.29, 1.82) is 0 Å². The Morgan fingerprint density at radius 3 is 2.14 bits per heavy atom. The van der Waals surface area contributed by atoms with E-state index < -0.39 is 0 Å². The molecule has 0 amide bonds. The number of piperidine rings is 1. The highest BCUT2D eigenvalue weighted by Crippen LogP contribution is 2.66. The Morgan fingerprint density at radius 2 is 1.71 bits per heavy atom. The van der Waals surface area contributed by atoms with E-state index >= 15 is 0 Å². The molecule has 0 radical (unpaired) electrons. The lowest BCUT2D eigenvalue weighted by atomic mass is 9.92. The predicted octanol–water partition coefficient (Wildman–Crippen LogP) is 3.01. The SMILES string of the molecule is CC(C)C1[C@@H]2[C@H](CN1C(C)C)C2(C)C. The molecule has 0 bridgehead atoms. The van der Waals surface area contributed by atoms with Crippen LogP contribution in [-0.4, -0.2) is 23.5 Å². The number of hydrogen-bond acceptors (Lipinski definition) is 1. The quantitative estimate of drug-likeness (QED) is 0.654. The molecular weight excluding hydrogens is 170 g/mol. The van der Waals surface area contributed by atoms with Gasteiger partial charge in [-0.05, 0) is 37.0 Å². The lowest BCUT2D eigenvalue weighted by Crippen LogP contribution is -2.43. The largest absolute Gasteiger partial charge is 0.297 e. The molecule has 14 heavy (non-hydrogen) atoms. The minimum absolute atomic E-state index is 0.639. The van der Waals surface area contributed by atoms with E-state index in [1.165, 1.54) is 6.54 Å². The predicted molar refractivity (Wildman–Crippen MR) is 61.2 cm³/mol. The molecule has 0 aromatic heterocycles. The van der Waals surface area contributed by atoms with Crippen molar-refractivity contribution in [2.75, 3.05) is 6.54 Å². The van der Waals surface area contributed by atoms with Crippen LogP contribution in [-0.2, 0) is 0 Å². The second-order valence-corrected chi connectivity index (χ2v) is 6.48. The average Bonchev–Trinajstić information content (AvgIpc) is 2.47. The van der Waals surface area contributed by atoms with Gasteiger partial charge in [-0.15, -0.1) is 0 Å². The number of likely N-dealkylation sites (tertiary alicyclic amines) is 1. The monoisotopic (exact) mass is 195 g/mol. The van der Waals surface area contributed by atoms with Gasteiger partial charge in [-0.3, -0.25) is 4.90 Å². The Bertz CT molecular complexity index is 227. The maximum absolute atomic E-state index is 2.73. The van der Waals surface area contributed by atoms with Gasteiger partial charge in [0.2, 0.25) is 0 Å². The van der Waals surface area contributed by atoms with Crippen molar-refractivity contribution in [3.05, 3.63) is 0 Å². The van der Waals surface area contributed by atoms with E-state index in [1.54, 1.807) is 0 Å². The molecule has 1 saturated carbocycles. The van der Waals surface area contributed by atoms with Gasteiger partial charge in [0.15, 0.2) is 0 Å². The fraction of sp³-hybridized carbons (Fsp3) is 1.00. The van der Waals surface area contributed by atoms with Crippen molar-refractivity contribution in [2.45, 2.75) is 53.6 Å². The lowest BCUT2D eigenvalue weighted by Gasteiger charge is -2.36. The zero-order valence-corrected chi connectivity index (χ0v) is 10.5. The van der Waals surface area contributed by atoms with Crippen LogP contribution in [0.15, 0.2) is 0 Å².